The minimum Gasteiger partial charge on any atom is -0.145 e. The monoisotopic (exact) mass is 266 g/mol. The van der Waals surface area contributed by atoms with Crippen molar-refractivity contribution < 1.29 is 0 Å². The summed E-state index contributed by atoms with van der Waals surface area (Å²) in [6, 6.07) is 13.1. The molecule has 0 spiro atoms. The minimum absolute atomic E-state index is 1.32. The van der Waals surface area contributed by atoms with Crippen LogP contribution in [0.4, 0.5) is 0 Å². The Balaban J connectivity index is 2.45. The number of thiophene rings is 1. The summed E-state index contributed by atoms with van der Waals surface area (Å²) in [7, 11) is 0. The van der Waals surface area contributed by atoms with E-state index >= 15 is 0 Å². The molecule has 0 aliphatic carbocycles. The second kappa shape index (κ2) is 4.50. The quantitative estimate of drug-likeness (QED) is 0.522. The van der Waals surface area contributed by atoms with Gasteiger partial charge < -0.3 is 0 Å². The van der Waals surface area contributed by atoms with Crippen LogP contribution in [0.2, 0.25) is 0 Å². The van der Waals surface area contributed by atoms with Crippen molar-refractivity contribution in [2.24, 2.45) is 0 Å². The molecule has 0 unspecified atom stereocenters. The first kappa shape index (κ1) is 12.4. The van der Waals surface area contributed by atoms with Crippen LogP contribution in [0, 0.1) is 27.7 Å². The van der Waals surface area contributed by atoms with Crippen molar-refractivity contribution in [1.29, 1.82) is 0 Å². The van der Waals surface area contributed by atoms with Crippen LogP contribution >= 0.6 is 11.3 Å². The van der Waals surface area contributed by atoms with E-state index in [1.54, 1.807) is 0 Å². The van der Waals surface area contributed by atoms with Gasteiger partial charge in [0, 0.05) is 9.75 Å². The molecule has 0 saturated carbocycles. The van der Waals surface area contributed by atoms with E-state index in [1.807, 2.05) is 11.3 Å². The Morgan fingerprint density at radius 1 is 0.737 bits per heavy atom. The summed E-state index contributed by atoms with van der Waals surface area (Å²) in [6.45, 7) is 8.92. The third kappa shape index (κ3) is 1.89. The summed E-state index contributed by atoms with van der Waals surface area (Å²) in [5.41, 5.74) is 5.65. The Labute approximate surface area is 118 Å². The van der Waals surface area contributed by atoms with E-state index in [4.69, 9.17) is 0 Å². The molecule has 0 aliphatic rings. The molecule has 0 radical (unpaired) electrons. The Morgan fingerprint density at radius 3 is 2.16 bits per heavy atom. The normalized spacial score (nSPS) is 11.2. The van der Waals surface area contributed by atoms with Crippen molar-refractivity contribution in [3.05, 3.63) is 57.3 Å². The molecular weight excluding hydrogens is 248 g/mol. The Morgan fingerprint density at radius 2 is 1.47 bits per heavy atom. The van der Waals surface area contributed by atoms with E-state index in [0.717, 1.165) is 0 Å². The zero-order valence-electron chi connectivity index (χ0n) is 11.9. The SMILES string of the molecule is Cc1ccc2ccccc2c1-c1c(C)sc(C)c1C. The van der Waals surface area contributed by atoms with Gasteiger partial charge in [-0.25, -0.2) is 0 Å². The molecule has 1 aromatic heterocycles. The third-order valence-electron chi connectivity index (χ3n) is 3.95. The minimum atomic E-state index is 1.32. The molecule has 0 saturated heterocycles. The van der Waals surface area contributed by atoms with Gasteiger partial charge in [0.25, 0.3) is 0 Å². The lowest BCUT2D eigenvalue weighted by molar-refractivity contribution is 1.40. The molecule has 0 N–H and O–H groups in total. The fourth-order valence-electron chi connectivity index (χ4n) is 2.87. The van der Waals surface area contributed by atoms with Gasteiger partial charge in [-0.3, -0.25) is 0 Å². The first-order valence-corrected chi connectivity index (χ1v) is 7.46. The van der Waals surface area contributed by atoms with Crippen LogP contribution in [0.3, 0.4) is 0 Å². The van der Waals surface area contributed by atoms with Crippen LogP contribution in [0.1, 0.15) is 20.9 Å². The summed E-state index contributed by atoms with van der Waals surface area (Å²) in [5, 5.41) is 2.69. The predicted molar refractivity (Wildman–Crippen MR) is 86.2 cm³/mol. The third-order valence-corrected chi connectivity index (χ3v) is 5.07. The summed E-state index contributed by atoms with van der Waals surface area (Å²) in [4.78, 5) is 2.86. The second-order valence-electron chi connectivity index (χ2n) is 5.19. The highest BCUT2D eigenvalue weighted by molar-refractivity contribution is 7.12. The van der Waals surface area contributed by atoms with Gasteiger partial charge in [0.05, 0.1) is 0 Å². The highest BCUT2D eigenvalue weighted by atomic mass is 32.1. The van der Waals surface area contributed by atoms with E-state index in [0.29, 0.717) is 0 Å². The molecule has 0 nitrogen and oxygen atoms in total. The number of benzene rings is 2. The van der Waals surface area contributed by atoms with Gasteiger partial charge in [-0.15, -0.1) is 11.3 Å². The van der Waals surface area contributed by atoms with Gasteiger partial charge in [0.2, 0.25) is 0 Å². The van der Waals surface area contributed by atoms with Crippen LogP contribution < -0.4 is 0 Å². The Kier molecular flexibility index (Phi) is 2.94. The molecular formula is C18H18S. The van der Waals surface area contributed by atoms with Crippen molar-refractivity contribution in [2.45, 2.75) is 27.7 Å². The van der Waals surface area contributed by atoms with Crippen molar-refractivity contribution in [2.75, 3.05) is 0 Å². The lowest BCUT2D eigenvalue weighted by atomic mass is 9.92. The van der Waals surface area contributed by atoms with E-state index in [9.17, 15) is 0 Å². The maximum atomic E-state index is 2.25. The molecule has 2 aromatic carbocycles. The average Bonchev–Trinajstić information content (AvgIpc) is 2.64. The molecule has 1 heteroatoms. The van der Waals surface area contributed by atoms with Gasteiger partial charge in [-0.1, -0.05) is 36.4 Å². The Bertz CT molecular complexity index is 763. The molecule has 0 fully saturated rings. The predicted octanol–water partition coefficient (Wildman–Crippen LogP) is 5.80. The summed E-state index contributed by atoms with van der Waals surface area (Å²) < 4.78 is 0. The molecule has 3 rings (SSSR count). The lowest BCUT2D eigenvalue weighted by Crippen LogP contribution is -1.88. The van der Waals surface area contributed by atoms with Crippen LogP contribution in [-0.2, 0) is 0 Å². The van der Waals surface area contributed by atoms with E-state index in [1.165, 1.54) is 42.8 Å². The molecule has 1 heterocycles. The zero-order chi connectivity index (χ0) is 13.6. The maximum Gasteiger partial charge on any atom is 0.00985 e. The van der Waals surface area contributed by atoms with E-state index < -0.39 is 0 Å². The maximum absolute atomic E-state index is 2.25. The van der Waals surface area contributed by atoms with Crippen LogP contribution in [0.5, 0.6) is 0 Å². The highest BCUT2D eigenvalue weighted by Crippen LogP contribution is 2.40. The smallest absolute Gasteiger partial charge is 0.00985 e. The van der Waals surface area contributed by atoms with Crippen LogP contribution in [-0.4, -0.2) is 0 Å². The molecule has 96 valence electrons. The number of hydrogen-bond donors (Lipinski definition) is 0. The number of rotatable bonds is 1. The topological polar surface area (TPSA) is 0 Å². The highest BCUT2D eigenvalue weighted by Gasteiger charge is 2.15. The fraction of sp³-hybridized carbons (Fsp3) is 0.222. The molecule has 0 aliphatic heterocycles. The largest absolute Gasteiger partial charge is 0.145 e. The zero-order valence-corrected chi connectivity index (χ0v) is 12.7. The van der Waals surface area contributed by atoms with Gasteiger partial charge in [-0.05, 0) is 60.7 Å². The molecule has 19 heavy (non-hydrogen) atoms. The fourth-order valence-corrected chi connectivity index (χ4v) is 3.94. The van der Waals surface area contributed by atoms with Gasteiger partial charge in [-0.2, -0.15) is 0 Å². The molecule has 0 amide bonds. The van der Waals surface area contributed by atoms with Crippen molar-refractivity contribution >= 4 is 22.1 Å². The molecule has 3 aromatic rings. The summed E-state index contributed by atoms with van der Waals surface area (Å²) >= 11 is 1.91. The van der Waals surface area contributed by atoms with Crippen molar-refractivity contribution in [3.63, 3.8) is 0 Å². The summed E-state index contributed by atoms with van der Waals surface area (Å²) in [6.07, 6.45) is 0. The summed E-state index contributed by atoms with van der Waals surface area (Å²) in [5.74, 6) is 0. The molecule has 0 atom stereocenters. The van der Waals surface area contributed by atoms with Crippen LogP contribution in [0.15, 0.2) is 36.4 Å². The standard InChI is InChI=1S/C18H18S/c1-11-9-10-15-7-5-6-8-16(15)17(11)18-12(2)13(3)19-14(18)4/h5-10H,1-4H3. The Hall–Kier alpha value is -1.60. The van der Waals surface area contributed by atoms with E-state index in [2.05, 4.69) is 64.1 Å². The van der Waals surface area contributed by atoms with Crippen molar-refractivity contribution in [3.8, 4) is 11.1 Å². The first-order valence-electron chi connectivity index (χ1n) is 6.65. The van der Waals surface area contributed by atoms with Crippen LogP contribution in [0.25, 0.3) is 21.9 Å². The second-order valence-corrected chi connectivity index (χ2v) is 6.62. The average molecular weight is 266 g/mol. The molecule has 0 bridgehead atoms. The van der Waals surface area contributed by atoms with Gasteiger partial charge in [0.15, 0.2) is 0 Å². The lowest BCUT2D eigenvalue weighted by Gasteiger charge is -2.12. The number of aryl methyl sites for hydroxylation is 3. The number of hydrogen-bond acceptors (Lipinski definition) is 1. The van der Waals surface area contributed by atoms with E-state index in [-0.39, 0.29) is 0 Å². The number of fused-ring (bicyclic) bond motifs is 1. The first-order chi connectivity index (χ1) is 9.09. The van der Waals surface area contributed by atoms with Gasteiger partial charge >= 0.3 is 0 Å². The van der Waals surface area contributed by atoms with Gasteiger partial charge in [0.1, 0.15) is 0 Å². The van der Waals surface area contributed by atoms with Crippen molar-refractivity contribution in [1.82, 2.24) is 0 Å².